The Morgan fingerprint density at radius 3 is 1.88 bits per heavy atom. The number of anilines is 3. The van der Waals surface area contributed by atoms with E-state index in [9.17, 15) is 9.59 Å². The maximum atomic E-state index is 12.1. The Balaban J connectivity index is 1.59. The van der Waals surface area contributed by atoms with Crippen LogP contribution >= 0.6 is 23.2 Å². The van der Waals surface area contributed by atoms with Crippen molar-refractivity contribution in [3.63, 3.8) is 0 Å². The van der Waals surface area contributed by atoms with E-state index in [1.807, 2.05) is 12.1 Å². The van der Waals surface area contributed by atoms with Gasteiger partial charge in [0.05, 0.1) is 0 Å². The van der Waals surface area contributed by atoms with E-state index in [1.54, 1.807) is 18.2 Å². The SMILES string of the molecule is O=C(Nc1ccc(N2CCCCC2)cc1)C(=O)Nc1cc(Cl)cc(Cl)c1. The van der Waals surface area contributed by atoms with Gasteiger partial charge in [-0.15, -0.1) is 0 Å². The number of hydrogen-bond donors (Lipinski definition) is 2. The van der Waals surface area contributed by atoms with E-state index in [1.165, 1.54) is 31.4 Å². The summed E-state index contributed by atoms with van der Waals surface area (Å²) in [5, 5.41) is 5.82. The second-order valence-corrected chi connectivity index (χ2v) is 7.03. The zero-order chi connectivity index (χ0) is 18.5. The first-order valence-electron chi connectivity index (χ1n) is 8.45. The van der Waals surface area contributed by atoms with Crippen LogP contribution in [-0.4, -0.2) is 24.9 Å². The van der Waals surface area contributed by atoms with Crippen molar-refractivity contribution in [3.8, 4) is 0 Å². The number of halogens is 2. The molecule has 0 aliphatic carbocycles. The highest BCUT2D eigenvalue weighted by Gasteiger charge is 2.15. The minimum absolute atomic E-state index is 0.364. The molecule has 2 aromatic carbocycles. The predicted octanol–water partition coefficient (Wildman–Crippen LogP) is 4.56. The maximum Gasteiger partial charge on any atom is 0.314 e. The summed E-state index contributed by atoms with van der Waals surface area (Å²) in [6.45, 7) is 2.10. The zero-order valence-electron chi connectivity index (χ0n) is 14.1. The molecule has 1 fully saturated rings. The molecule has 0 aromatic heterocycles. The molecular weight excluding hydrogens is 373 g/mol. The van der Waals surface area contributed by atoms with Gasteiger partial charge in [-0.3, -0.25) is 9.59 Å². The van der Waals surface area contributed by atoms with Gasteiger partial charge in [-0.05, 0) is 61.7 Å². The van der Waals surface area contributed by atoms with Crippen molar-refractivity contribution < 1.29 is 9.59 Å². The Morgan fingerprint density at radius 1 is 0.769 bits per heavy atom. The first kappa shape index (κ1) is 18.5. The number of rotatable bonds is 3. The van der Waals surface area contributed by atoms with Gasteiger partial charge in [-0.25, -0.2) is 0 Å². The molecule has 1 aliphatic rings. The van der Waals surface area contributed by atoms with E-state index in [-0.39, 0.29) is 0 Å². The molecule has 2 amide bonds. The molecule has 7 heteroatoms. The number of nitrogens with one attached hydrogen (secondary N) is 2. The van der Waals surface area contributed by atoms with E-state index in [4.69, 9.17) is 23.2 Å². The van der Waals surface area contributed by atoms with Crippen LogP contribution in [0.3, 0.4) is 0 Å². The van der Waals surface area contributed by atoms with E-state index < -0.39 is 11.8 Å². The predicted molar refractivity (Wildman–Crippen MR) is 106 cm³/mol. The third-order valence-corrected chi connectivity index (χ3v) is 4.61. The van der Waals surface area contributed by atoms with Crippen LogP contribution in [0.5, 0.6) is 0 Å². The van der Waals surface area contributed by atoms with Gasteiger partial charge in [0, 0.05) is 40.2 Å². The van der Waals surface area contributed by atoms with Crippen LogP contribution < -0.4 is 15.5 Å². The van der Waals surface area contributed by atoms with Gasteiger partial charge < -0.3 is 15.5 Å². The van der Waals surface area contributed by atoms with Gasteiger partial charge in [-0.2, -0.15) is 0 Å². The van der Waals surface area contributed by atoms with Gasteiger partial charge in [-0.1, -0.05) is 23.2 Å². The smallest absolute Gasteiger partial charge is 0.314 e. The summed E-state index contributed by atoms with van der Waals surface area (Å²) >= 11 is 11.8. The van der Waals surface area contributed by atoms with E-state index in [0.29, 0.717) is 21.4 Å². The van der Waals surface area contributed by atoms with Crippen LogP contribution in [0.4, 0.5) is 17.1 Å². The normalized spacial score (nSPS) is 14.0. The third-order valence-electron chi connectivity index (χ3n) is 4.17. The van der Waals surface area contributed by atoms with Crippen LogP contribution in [0.2, 0.25) is 10.0 Å². The topological polar surface area (TPSA) is 61.4 Å². The van der Waals surface area contributed by atoms with Crippen molar-refractivity contribution in [1.82, 2.24) is 0 Å². The molecule has 136 valence electrons. The molecule has 0 spiro atoms. The number of benzene rings is 2. The fraction of sp³-hybridized carbons (Fsp3) is 0.263. The average Bonchev–Trinajstić information content (AvgIpc) is 2.62. The van der Waals surface area contributed by atoms with E-state index in [0.717, 1.165) is 18.8 Å². The molecule has 0 radical (unpaired) electrons. The molecule has 0 atom stereocenters. The van der Waals surface area contributed by atoms with Crippen LogP contribution in [-0.2, 0) is 9.59 Å². The summed E-state index contributed by atoms with van der Waals surface area (Å²) in [5.41, 5.74) is 2.05. The average molecular weight is 392 g/mol. The Kier molecular flexibility index (Phi) is 6.01. The van der Waals surface area contributed by atoms with Gasteiger partial charge >= 0.3 is 11.8 Å². The van der Waals surface area contributed by atoms with Crippen molar-refractivity contribution in [2.45, 2.75) is 19.3 Å². The molecule has 2 aromatic rings. The van der Waals surface area contributed by atoms with Crippen molar-refractivity contribution in [3.05, 3.63) is 52.5 Å². The summed E-state index contributed by atoms with van der Waals surface area (Å²) in [6, 6.07) is 12.1. The summed E-state index contributed by atoms with van der Waals surface area (Å²) in [4.78, 5) is 26.4. The molecule has 1 saturated heterocycles. The Hall–Kier alpha value is -2.24. The summed E-state index contributed by atoms with van der Waals surface area (Å²) in [5.74, 6) is -1.55. The second-order valence-electron chi connectivity index (χ2n) is 6.16. The Bertz CT molecular complexity index is 783. The highest BCUT2D eigenvalue weighted by Crippen LogP contribution is 2.23. The van der Waals surface area contributed by atoms with E-state index >= 15 is 0 Å². The number of carbonyl (C=O) groups excluding carboxylic acids is 2. The Labute approximate surface area is 162 Å². The second kappa shape index (κ2) is 8.43. The molecule has 0 unspecified atom stereocenters. The molecule has 3 rings (SSSR count). The molecule has 0 bridgehead atoms. The molecular formula is C19H19Cl2N3O2. The number of piperidine rings is 1. The van der Waals surface area contributed by atoms with Crippen LogP contribution in [0.25, 0.3) is 0 Å². The van der Waals surface area contributed by atoms with Crippen molar-refractivity contribution in [1.29, 1.82) is 0 Å². The lowest BCUT2D eigenvalue weighted by molar-refractivity contribution is -0.132. The summed E-state index contributed by atoms with van der Waals surface area (Å²) < 4.78 is 0. The largest absolute Gasteiger partial charge is 0.372 e. The van der Waals surface area contributed by atoms with Crippen LogP contribution in [0, 0.1) is 0 Å². The maximum absolute atomic E-state index is 12.1. The fourth-order valence-corrected chi connectivity index (χ4v) is 3.44. The number of amides is 2. The van der Waals surface area contributed by atoms with E-state index in [2.05, 4.69) is 15.5 Å². The monoisotopic (exact) mass is 391 g/mol. The summed E-state index contributed by atoms with van der Waals surface area (Å²) in [7, 11) is 0. The first-order chi connectivity index (χ1) is 12.5. The molecule has 5 nitrogen and oxygen atoms in total. The minimum Gasteiger partial charge on any atom is -0.372 e. The van der Waals surface area contributed by atoms with Gasteiger partial charge in [0.2, 0.25) is 0 Å². The lowest BCUT2D eigenvalue weighted by Gasteiger charge is -2.28. The molecule has 0 saturated carbocycles. The van der Waals surface area contributed by atoms with Crippen LogP contribution in [0.15, 0.2) is 42.5 Å². The number of hydrogen-bond acceptors (Lipinski definition) is 3. The van der Waals surface area contributed by atoms with Crippen molar-refractivity contribution in [2.75, 3.05) is 28.6 Å². The van der Waals surface area contributed by atoms with Crippen molar-refractivity contribution >= 4 is 52.1 Å². The minimum atomic E-state index is -0.788. The van der Waals surface area contributed by atoms with Gasteiger partial charge in [0.25, 0.3) is 0 Å². The first-order valence-corrected chi connectivity index (χ1v) is 9.20. The van der Waals surface area contributed by atoms with Gasteiger partial charge in [0.15, 0.2) is 0 Å². The standard InChI is InChI=1S/C19H19Cl2N3O2/c20-13-10-14(21)12-16(11-13)23-19(26)18(25)22-15-4-6-17(7-5-15)24-8-2-1-3-9-24/h4-7,10-12H,1-3,8-9H2,(H,22,25)(H,23,26). The summed E-state index contributed by atoms with van der Waals surface area (Å²) in [6.07, 6.45) is 3.68. The molecule has 26 heavy (non-hydrogen) atoms. The highest BCUT2D eigenvalue weighted by molar-refractivity contribution is 6.44. The lowest BCUT2D eigenvalue weighted by Crippen LogP contribution is -2.30. The van der Waals surface area contributed by atoms with Gasteiger partial charge in [0.1, 0.15) is 0 Å². The Morgan fingerprint density at radius 2 is 1.31 bits per heavy atom. The molecule has 1 heterocycles. The zero-order valence-corrected chi connectivity index (χ0v) is 15.6. The molecule has 1 aliphatic heterocycles. The number of nitrogens with zero attached hydrogens (tertiary/aromatic N) is 1. The number of carbonyl (C=O) groups is 2. The lowest BCUT2D eigenvalue weighted by atomic mass is 10.1. The quantitative estimate of drug-likeness (QED) is 0.753. The third kappa shape index (κ3) is 4.90. The van der Waals surface area contributed by atoms with Crippen LogP contribution in [0.1, 0.15) is 19.3 Å². The molecule has 2 N–H and O–H groups in total. The fourth-order valence-electron chi connectivity index (χ4n) is 2.91. The van der Waals surface area contributed by atoms with Crippen molar-refractivity contribution in [2.24, 2.45) is 0 Å². The highest BCUT2D eigenvalue weighted by atomic mass is 35.5.